The molecule has 3 rings (SSSR count). The third-order valence-corrected chi connectivity index (χ3v) is 5.10. The zero-order valence-electron chi connectivity index (χ0n) is 14.7. The third-order valence-electron chi connectivity index (χ3n) is 3.75. The number of carbonyl (C=O) groups is 1. The van der Waals surface area contributed by atoms with Crippen molar-refractivity contribution in [1.29, 1.82) is 0 Å². The van der Waals surface area contributed by atoms with Gasteiger partial charge in [-0.1, -0.05) is 29.8 Å². The Morgan fingerprint density at radius 1 is 0.889 bits per heavy atom. The molecule has 5 heteroatoms. The van der Waals surface area contributed by atoms with Crippen molar-refractivity contribution >= 4 is 35.0 Å². The summed E-state index contributed by atoms with van der Waals surface area (Å²) in [5.41, 5.74) is 0.769. The van der Waals surface area contributed by atoms with Gasteiger partial charge in [-0.15, -0.1) is 11.8 Å². The molecule has 0 aliphatic heterocycles. The van der Waals surface area contributed by atoms with Gasteiger partial charge in [-0.2, -0.15) is 0 Å². The highest BCUT2D eigenvalue weighted by Crippen LogP contribution is 2.23. The van der Waals surface area contributed by atoms with Gasteiger partial charge in [0.2, 0.25) is 5.91 Å². The van der Waals surface area contributed by atoms with E-state index in [0.717, 1.165) is 39.3 Å². The van der Waals surface area contributed by atoms with Gasteiger partial charge in [-0.25, -0.2) is 0 Å². The highest BCUT2D eigenvalue weighted by atomic mass is 35.5. The highest BCUT2D eigenvalue weighted by Gasteiger charge is 2.04. The quantitative estimate of drug-likeness (QED) is 0.342. The summed E-state index contributed by atoms with van der Waals surface area (Å²) >= 11 is 7.60. The van der Waals surface area contributed by atoms with Crippen molar-refractivity contribution in [2.75, 3.05) is 11.1 Å². The molecule has 1 N–H and O–H groups in total. The number of ether oxygens (including phenoxy) is 1. The number of thioether (sulfide) groups is 1. The summed E-state index contributed by atoms with van der Waals surface area (Å²) in [5.74, 6) is 2.42. The van der Waals surface area contributed by atoms with Crippen LogP contribution in [-0.2, 0) is 4.79 Å². The molecule has 0 radical (unpaired) electrons. The summed E-state index contributed by atoms with van der Waals surface area (Å²) in [5, 5.41) is 3.65. The van der Waals surface area contributed by atoms with Crippen LogP contribution in [0.15, 0.2) is 83.8 Å². The minimum Gasteiger partial charge on any atom is -0.457 e. The van der Waals surface area contributed by atoms with E-state index >= 15 is 0 Å². The molecule has 3 aromatic rings. The van der Waals surface area contributed by atoms with Gasteiger partial charge in [-0.05, 0) is 72.8 Å². The van der Waals surface area contributed by atoms with E-state index in [1.165, 1.54) is 0 Å². The fourth-order valence-electron chi connectivity index (χ4n) is 2.41. The van der Waals surface area contributed by atoms with E-state index in [-0.39, 0.29) is 5.91 Å². The summed E-state index contributed by atoms with van der Waals surface area (Å²) < 4.78 is 5.74. The number of benzene rings is 3. The van der Waals surface area contributed by atoms with Gasteiger partial charge in [0.05, 0.1) is 0 Å². The summed E-state index contributed by atoms with van der Waals surface area (Å²) in [6.45, 7) is 0. The number of nitrogens with one attached hydrogen (secondary N) is 1. The van der Waals surface area contributed by atoms with Gasteiger partial charge in [-0.3, -0.25) is 4.79 Å². The number of anilines is 1. The molecule has 3 aromatic carbocycles. The topological polar surface area (TPSA) is 38.3 Å². The first-order valence-corrected chi connectivity index (χ1v) is 10.1. The second kappa shape index (κ2) is 10.0. The second-order valence-corrected chi connectivity index (χ2v) is 7.50. The van der Waals surface area contributed by atoms with E-state index in [0.29, 0.717) is 6.42 Å². The van der Waals surface area contributed by atoms with E-state index in [1.807, 2.05) is 78.9 Å². The maximum Gasteiger partial charge on any atom is 0.224 e. The molecule has 138 valence electrons. The molecule has 0 aromatic heterocycles. The lowest BCUT2D eigenvalue weighted by Gasteiger charge is -2.08. The number of carbonyl (C=O) groups excluding carboxylic acids is 1. The number of hydrogen-bond acceptors (Lipinski definition) is 3. The number of hydrogen-bond donors (Lipinski definition) is 1. The van der Waals surface area contributed by atoms with Gasteiger partial charge in [0.1, 0.15) is 11.5 Å². The molecule has 0 atom stereocenters. The van der Waals surface area contributed by atoms with Gasteiger partial charge in [0, 0.05) is 22.0 Å². The van der Waals surface area contributed by atoms with Crippen LogP contribution in [0, 0.1) is 0 Å². The molecular weight excluding hydrogens is 378 g/mol. The average Bonchev–Trinajstić information content (AvgIpc) is 2.69. The fourth-order valence-corrected chi connectivity index (χ4v) is 3.39. The van der Waals surface area contributed by atoms with Crippen LogP contribution >= 0.6 is 23.4 Å². The van der Waals surface area contributed by atoms with Crippen molar-refractivity contribution < 1.29 is 9.53 Å². The van der Waals surface area contributed by atoms with Crippen molar-refractivity contribution in [3.8, 4) is 11.5 Å². The first-order valence-electron chi connectivity index (χ1n) is 8.70. The van der Waals surface area contributed by atoms with Crippen LogP contribution in [0.4, 0.5) is 5.69 Å². The zero-order valence-corrected chi connectivity index (χ0v) is 16.3. The van der Waals surface area contributed by atoms with E-state index in [9.17, 15) is 4.79 Å². The molecule has 0 bridgehead atoms. The fraction of sp³-hybridized carbons (Fsp3) is 0.136. The molecule has 0 fully saturated rings. The Morgan fingerprint density at radius 2 is 1.56 bits per heavy atom. The summed E-state index contributed by atoms with van der Waals surface area (Å²) in [6.07, 6.45) is 1.30. The van der Waals surface area contributed by atoms with Crippen LogP contribution in [0.25, 0.3) is 0 Å². The minimum absolute atomic E-state index is 0.0171. The predicted molar refractivity (Wildman–Crippen MR) is 113 cm³/mol. The lowest BCUT2D eigenvalue weighted by atomic mass is 10.2. The number of halogens is 1. The number of amides is 1. The highest BCUT2D eigenvalue weighted by molar-refractivity contribution is 7.99. The predicted octanol–water partition coefficient (Wildman–Crippen LogP) is 6.64. The standard InChI is InChI=1S/C22H20ClNO2S/c23-17-8-14-21(15-9-17)27-16-4-7-22(25)24-18-10-12-20(13-11-18)26-19-5-2-1-3-6-19/h1-3,5-6,8-15H,4,7,16H2,(H,24,25). The summed E-state index contributed by atoms with van der Waals surface area (Å²) in [6, 6.07) is 24.7. The lowest BCUT2D eigenvalue weighted by molar-refractivity contribution is -0.116. The molecule has 0 saturated carbocycles. The molecule has 0 spiro atoms. The largest absolute Gasteiger partial charge is 0.457 e. The molecule has 0 saturated heterocycles. The lowest BCUT2D eigenvalue weighted by Crippen LogP contribution is -2.11. The molecule has 1 amide bonds. The average molecular weight is 398 g/mol. The zero-order chi connectivity index (χ0) is 18.9. The van der Waals surface area contributed by atoms with Crippen LogP contribution in [0.2, 0.25) is 5.02 Å². The maximum atomic E-state index is 12.1. The molecule has 0 unspecified atom stereocenters. The number of para-hydroxylation sites is 1. The van der Waals surface area contributed by atoms with Crippen molar-refractivity contribution in [3.05, 3.63) is 83.9 Å². The Hall–Kier alpha value is -2.43. The molecule has 0 aliphatic carbocycles. The molecular formula is C22H20ClNO2S. The second-order valence-electron chi connectivity index (χ2n) is 5.89. The Kier molecular flexibility index (Phi) is 7.19. The van der Waals surface area contributed by atoms with Gasteiger partial charge in [0.25, 0.3) is 0 Å². The first kappa shape index (κ1) is 19.3. The van der Waals surface area contributed by atoms with Gasteiger partial charge >= 0.3 is 0 Å². The van der Waals surface area contributed by atoms with Crippen molar-refractivity contribution in [2.24, 2.45) is 0 Å². The van der Waals surface area contributed by atoms with Gasteiger partial charge in [0.15, 0.2) is 0 Å². The van der Waals surface area contributed by atoms with E-state index < -0.39 is 0 Å². The van der Waals surface area contributed by atoms with Crippen LogP contribution in [-0.4, -0.2) is 11.7 Å². The summed E-state index contributed by atoms with van der Waals surface area (Å²) in [4.78, 5) is 13.2. The maximum absolute atomic E-state index is 12.1. The smallest absolute Gasteiger partial charge is 0.224 e. The van der Waals surface area contributed by atoms with Crippen molar-refractivity contribution in [2.45, 2.75) is 17.7 Å². The van der Waals surface area contributed by atoms with Crippen LogP contribution in [0.1, 0.15) is 12.8 Å². The SMILES string of the molecule is O=C(CCCSc1ccc(Cl)cc1)Nc1ccc(Oc2ccccc2)cc1. The first-order chi connectivity index (χ1) is 13.2. The molecule has 27 heavy (non-hydrogen) atoms. The van der Waals surface area contributed by atoms with Crippen molar-refractivity contribution in [1.82, 2.24) is 0 Å². The third kappa shape index (κ3) is 6.66. The molecule has 0 aliphatic rings. The monoisotopic (exact) mass is 397 g/mol. The van der Waals surface area contributed by atoms with E-state index in [1.54, 1.807) is 11.8 Å². The Morgan fingerprint density at radius 3 is 2.26 bits per heavy atom. The van der Waals surface area contributed by atoms with Crippen LogP contribution in [0.5, 0.6) is 11.5 Å². The Bertz CT molecular complexity index is 852. The van der Waals surface area contributed by atoms with Crippen molar-refractivity contribution in [3.63, 3.8) is 0 Å². The summed E-state index contributed by atoms with van der Waals surface area (Å²) in [7, 11) is 0. The normalized spacial score (nSPS) is 10.4. The van der Waals surface area contributed by atoms with Gasteiger partial charge < -0.3 is 10.1 Å². The van der Waals surface area contributed by atoms with Crippen LogP contribution in [0.3, 0.4) is 0 Å². The van der Waals surface area contributed by atoms with Crippen LogP contribution < -0.4 is 10.1 Å². The molecule has 0 heterocycles. The van der Waals surface area contributed by atoms with E-state index in [2.05, 4.69) is 5.32 Å². The number of rotatable bonds is 8. The Labute approximate surface area is 168 Å². The molecule has 3 nitrogen and oxygen atoms in total. The minimum atomic E-state index is 0.0171. The Balaban J connectivity index is 1.39. The van der Waals surface area contributed by atoms with E-state index in [4.69, 9.17) is 16.3 Å².